The van der Waals surface area contributed by atoms with Crippen LogP contribution in [0.5, 0.6) is 0 Å². The molecule has 6 nitrogen and oxygen atoms in total. The highest BCUT2D eigenvalue weighted by atomic mass is 35.5. The normalized spacial score (nSPS) is 18.8. The molecule has 1 aliphatic rings. The summed E-state index contributed by atoms with van der Waals surface area (Å²) in [5.74, 6) is -0.367. The minimum absolute atomic E-state index is 0.0726. The first-order valence-electron chi connectivity index (χ1n) is 5.75. The summed E-state index contributed by atoms with van der Waals surface area (Å²) in [6, 6.07) is -0.426. The molecule has 1 saturated heterocycles. The highest BCUT2D eigenvalue weighted by Crippen LogP contribution is 2.18. The molecule has 0 unspecified atom stereocenters. The molecule has 2 heterocycles. The number of nitrogens with one attached hydrogen (secondary N) is 2. The fourth-order valence-electron chi connectivity index (χ4n) is 1.94. The van der Waals surface area contributed by atoms with Gasteiger partial charge in [0, 0.05) is 6.54 Å². The van der Waals surface area contributed by atoms with Crippen molar-refractivity contribution in [3.63, 3.8) is 0 Å². The lowest BCUT2D eigenvalue weighted by molar-refractivity contribution is -0.127. The van der Waals surface area contributed by atoms with Crippen molar-refractivity contribution in [3.8, 4) is 0 Å². The van der Waals surface area contributed by atoms with Gasteiger partial charge >= 0.3 is 0 Å². The molecule has 0 bridgehead atoms. The maximum Gasteiger partial charge on any atom is 0.242 e. The number of hydrogen-bond donors (Lipinski definition) is 2. The van der Waals surface area contributed by atoms with Gasteiger partial charge in [-0.25, -0.2) is 0 Å². The lowest BCUT2D eigenvalue weighted by atomic mass is 10.2. The van der Waals surface area contributed by atoms with E-state index >= 15 is 0 Å². The van der Waals surface area contributed by atoms with E-state index in [4.69, 9.17) is 11.6 Å². The van der Waals surface area contributed by atoms with E-state index < -0.39 is 6.04 Å². The maximum atomic E-state index is 11.8. The number of rotatable bonds is 3. The van der Waals surface area contributed by atoms with Crippen LogP contribution in [0.3, 0.4) is 0 Å². The molecule has 1 fully saturated rings. The fraction of sp³-hybridized carbons (Fsp3) is 0.545. The minimum atomic E-state index is -0.426. The number of amides is 2. The van der Waals surface area contributed by atoms with Crippen LogP contribution in [0.4, 0.5) is 0 Å². The zero-order valence-electron chi connectivity index (χ0n) is 10.3. The summed E-state index contributed by atoms with van der Waals surface area (Å²) in [6.45, 7) is 4.27. The molecule has 7 heteroatoms. The van der Waals surface area contributed by atoms with Crippen molar-refractivity contribution in [2.24, 2.45) is 0 Å². The SMILES string of the molecule is Cc1nn(CC(=O)N[C@H]2CCNC2=O)c(C)c1Cl. The Morgan fingerprint density at radius 3 is 2.83 bits per heavy atom. The standard InChI is InChI=1S/C11H15ClN4O2/c1-6-10(12)7(2)16(15-6)5-9(17)14-8-3-4-13-11(8)18/h8H,3-5H2,1-2H3,(H,13,18)(H,14,17)/t8-/m0/s1. The summed E-state index contributed by atoms with van der Waals surface area (Å²) in [5, 5.41) is 10.1. The van der Waals surface area contributed by atoms with Gasteiger partial charge in [-0.1, -0.05) is 11.6 Å². The number of hydrogen-bond acceptors (Lipinski definition) is 3. The van der Waals surface area contributed by atoms with E-state index in [0.717, 1.165) is 5.69 Å². The minimum Gasteiger partial charge on any atom is -0.354 e. The van der Waals surface area contributed by atoms with Crippen molar-refractivity contribution in [1.29, 1.82) is 0 Å². The molecule has 18 heavy (non-hydrogen) atoms. The van der Waals surface area contributed by atoms with E-state index in [1.807, 2.05) is 0 Å². The maximum absolute atomic E-state index is 11.8. The zero-order chi connectivity index (χ0) is 13.3. The van der Waals surface area contributed by atoms with Crippen LogP contribution < -0.4 is 10.6 Å². The summed E-state index contributed by atoms with van der Waals surface area (Å²) in [5.41, 5.74) is 1.45. The van der Waals surface area contributed by atoms with Crippen LogP contribution in [0.25, 0.3) is 0 Å². The Labute approximate surface area is 110 Å². The Balaban J connectivity index is 1.98. The molecule has 0 aromatic carbocycles. The van der Waals surface area contributed by atoms with E-state index in [1.54, 1.807) is 18.5 Å². The molecule has 0 radical (unpaired) electrons. The molecule has 0 aliphatic carbocycles. The molecule has 1 aliphatic heterocycles. The molecular weight excluding hydrogens is 256 g/mol. The fourth-order valence-corrected chi connectivity index (χ4v) is 2.07. The average molecular weight is 271 g/mol. The largest absolute Gasteiger partial charge is 0.354 e. The van der Waals surface area contributed by atoms with Crippen LogP contribution in [0.15, 0.2) is 0 Å². The van der Waals surface area contributed by atoms with Gasteiger partial charge in [0.2, 0.25) is 11.8 Å². The van der Waals surface area contributed by atoms with Gasteiger partial charge in [-0.3, -0.25) is 14.3 Å². The van der Waals surface area contributed by atoms with Crippen LogP contribution in [-0.4, -0.2) is 34.2 Å². The highest BCUT2D eigenvalue weighted by Gasteiger charge is 2.25. The van der Waals surface area contributed by atoms with Gasteiger partial charge in [-0.2, -0.15) is 5.10 Å². The number of aryl methyl sites for hydroxylation is 1. The van der Waals surface area contributed by atoms with Gasteiger partial charge in [0.15, 0.2) is 0 Å². The molecule has 0 saturated carbocycles. The van der Waals surface area contributed by atoms with Crippen LogP contribution >= 0.6 is 11.6 Å². The van der Waals surface area contributed by atoms with E-state index in [0.29, 0.717) is 23.7 Å². The van der Waals surface area contributed by atoms with Gasteiger partial charge in [0.25, 0.3) is 0 Å². The monoisotopic (exact) mass is 270 g/mol. The Kier molecular flexibility index (Phi) is 3.56. The molecule has 2 N–H and O–H groups in total. The second-order valence-corrected chi connectivity index (χ2v) is 4.72. The molecule has 0 spiro atoms. The van der Waals surface area contributed by atoms with Gasteiger partial charge in [0.05, 0.1) is 16.4 Å². The smallest absolute Gasteiger partial charge is 0.242 e. The van der Waals surface area contributed by atoms with Crippen LogP contribution in [0, 0.1) is 13.8 Å². The lowest BCUT2D eigenvalue weighted by Crippen LogP contribution is -2.41. The predicted molar refractivity (Wildman–Crippen MR) is 66.3 cm³/mol. The van der Waals surface area contributed by atoms with Crippen molar-refractivity contribution >= 4 is 23.4 Å². The summed E-state index contributed by atoms with van der Waals surface area (Å²) >= 11 is 6.00. The third kappa shape index (κ3) is 2.48. The van der Waals surface area contributed by atoms with Crippen molar-refractivity contribution in [2.75, 3.05) is 6.54 Å². The van der Waals surface area contributed by atoms with Crippen molar-refractivity contribution in [2.45, 2.75) is 32.9 Å². The predicted octanol–water partition coefficient (Wildman–Crippen LogP) is 0.158. The molecule has 2 rings (SSSR count). The molecule has 1 aromatic rings. The van der Waals surface area contributed by atoms with Crippen LogP contribution in [0.2, 0.25) is 5.02 Å². The van der Waals surface area contributed by atoms with Gasteiger partial charge in [-0.15, -0.1) is 0 Å². The van der Waals surface area contributed by atoms with Crippen LogP contribution in [-0.2, 0) is 16.1 Å². The average Bonchev–Trinajstić information content (AvgIpc) is 2.80. The molecule has 98 valence electrons. The zero-order valence-corrected chi connectivity index (χ0v) is 11.0. The number of nitrogens with zero attached hydrogens (tertiary/aromatic N) is 2. The lowest BCUT2D eigenvalue weighted by Gasteiger charge is -2.10. The topological polar surface area (TPSA) is 76.0 Å². The Bertz CT molecular complexity index is 497. The molecular formula is C11H15ClN4O2. The van der Waals surface area contributed by atoms with Gasteiger partial charge in [0.1, 0.15) is 12.6 Å². The summed E-state index contributed by atoms with van der Waals surface area (Å²) in [4.78, 5) is 23.1. The molecule has 1 atom stereocenters. The Morgan fingerprint density at radius 2 is 2.33 bits per heavy atom. The van der Waals surface area contributed by atoms with Gasteiger partial charge in [-0.05, 0) is 20.3 Å². The number of aromatic nitrogens is 2. The van der Waals surface area contributed by atoms with E-state index in [-0.39, 0.29) is 18.4 Å². The summed E-state index contributed by atoms with van der Waals surface area (Å²) in [7, 11) is 0. The highest BCUT2D eigenvalue weighted by molar-refractivity contribution is 6.31. The van der Waals surface area contributed by atoms with Crippen molar-refractivity contribution < 1.29 is 9.59 Å². The number of carbonyl (C=O) groups excluding carboxylic acids is 2. The Hall–Kier alpha value is -1.56. The first-order valence-corrected chi connectivity index (χ1v) is 6.13. The third-order valence-corrected chi connectivity index (χ3v) is 3.52. The second-order valence-electron chi connectivity index (χ2n) is 4.34. The summed E-state index contributed by atoms with van der Waals surface area (Å²) < 4.78 is 1.54. The number of halogens is 1. The summed E-state index contributed by atoms with van der Waals surface area (Å²) in [6.07, 6.45) is 0.627. The van der Waals surface area contributed by atoms with E-state index in [9.17, 15) is 9.59 Å². The second kappa shape index (κ2) is 4.97. The van der Waals surface area contributed by atoms with Crippen LogP contribution in [0.1, 0.15) is 17.8 Å². The van der Waals surface area contributed by atoms with E-state index in [2.05, 4.69) is 15.7 Å². The Morgan fingerprint density at radius 1 is 1.61 bits per heavy atom. The van der Waals surface area contributed by atoms with Crippen molar-refractivity contribution in [1.82, 2.24) is 20.4 Å². The third-order valence-electron chi connectivity index (χ3n) is 2.97. The van der Waals surface area contributed by atoms with Crippen molar-refractivity contribution in [3.05, 3.63) is 16.4 Å². The first kappa shape index (κ1) is 12.9. The van der Waals surface area contributed by atoms with Gasteiger partial charge < -0.3 is 10.6 Å². The number of carbonyl (C=O) groups is 2. The quantitative estimate of drug-likeness (QED) is 0.821. The molecule has 2 amide bonds. The molecule has 1 aromatic heterocycles. The van der Waals surface area contributed by atoms with E-state index in [1.165, 1.54) is 0 Å². The first-order chi connectivity index (χ1) is 8.49.